The molecule has 1 fully saturated rings. The molecule has 0 amide bonds. The summed E-state index contributed by atoms with van der Waals surface area (Å²) in [7, 11) is 0. The van der Waals surface area contributed by atoms with E-state index in [-0.39, 0.29) is 0 Å². The van der Waals surface area contributed by atoms with Crippen LogP contribution in [-0.4, -0.2) is 16.0 Å². The first-order chi connectivity index (χ1) is 7.92. The largest absolute Gasteiger partial charge is 0.411 e. The van der Waals surface area contributed by atoms with Crippen LogP contribution in [0.4, 0.5) is 0 Å². The van der Waals surface area contributed by atoms with Gasteiger partial charge in [-0.25, -0.2) is 0 Å². The predicted octanol–water partition coefficient (Wildman–Crippen LogP) is 3.24. The van der Waals surface area contributed by atoms with Gasteiger partial charge in [0.1, 0.15) is 0 Å². The quantitative estimate of drug-likeness (QED) is 0.759. The summed E-state index contributed by atoms with van der Waals surface area (Å²) in [5.74, 6) is 2.59. The van der Waals surface area contributed by atoms with Crippen LogP contribution in [0.3, 0.4) is 0 Å². The first-order valence-corrected chi connectivity index (χ1v) is 6.42. The maximum atomic E-state index is 5.59. The fourth-order valence-corrected chi connectivity index (χ4v) is 2.39. The number of thioether (sulfide) groups is 1. The Hall–Kier alpha value is -1.29. The maximum absolute atomic E-state index is 5.59. The Balaban J connectivity index is 1.71. The molecule has 0 aliphatic heterocycles. The molecule has 1 aliphatic rings. The zero-order valence-corrected chi connectivity index (χ0v) is 9.61. The molecular formula is C12H12N2OS. The van der Waals surface area contributed by atoms with Crippen LogP contribution in [0.2, 0.25) is 0 Å². The summed E-state index contributed by atoms with van der Waals surface area (Å²) in [6.45, 7) is 0. The molecule has 0 bridgehead atoms. The average Bonchev–Trinajstić information content (AvgIpc) is 3.05. The summed E-state index contributed by atoms with van der Waals surface area (Å²) < 4.78 is 5.59. The summed E-state index contributed by atoms with van der Waals surface area (Å²) in [4.78, 5) is 0. The topological polar surface area (TPSA) is 38.9 Å². The molecule has 0 atom stereocenters. The molecule has 0 N–H and O–H groups in total. The summed E-state index contributed by atoms with van der Waals surface area (Å²) in [6.07, 6.45) is 2.71. The van der Waals surface area contributed by atoms with Gasteiger partial charge in [0.2, 0.25) is 5.89 Å². The Morgan fingerprint density at radius 3 is 2.75 bits per heavy atom. The summed E-state index contributed by atoms with van der Waals surface area (Å²) in [5.41, 5.74) is 0.980. The highest BCUT2D eigenvalue weighted by molar-refractivity contribution is 7.99. The Morgan fingerprint density at radius 2 is 2.00 bits per heavy atom. The molecule has 1 saturated carbocycles. The predicted molar refractivity (Wildman–Crippen MR) is 63.2 cm³/mol. The van der Waals surface area contributed by atoms with Crippen molar-refractivity contribution < 1.29 is 4.42 Å². The van der Waals surface area contributed by atoms with E-state index in [1.807, 2.05) is 30.3 Å². The van der Waals surface area contributed by atoms with Crippen LogP contribution in [0, 0.1) is 5.92 Å². The van der Waals surface area contributed by atoms with Crippen LogP contribution in [0.25, 0.3) is 11.5 Å². The van der Waals surface area contributed by atoms with E-state index in [2.05, 4.69) is 10.2 Å². The lowest BCUT2D eigenvalue weighted by molar-refractivity contribution is 0.465. The monoisotopic (exact) mass is 232 g/mol. The number of nitrogens with zero attached hydrogens (tertiary/aromatic N) is 2. The number of benzene rings is 1. The molecule has 82 valence electrons. The molecule has 3 nitrogen and oxygen atoms in total. The van der Waals surface area contributed by atoms with Crippen LogP contribution in [-0.2, 0) is 0 Å². The third-order valence-corrected chi connectivity index (χ3v) is 3.62. The van der Waals surface area contributed by atoms with Gasteiger partial charge in [-0.05, 0) is 30.9 Å². The molecule has 1 heterocycles. The molecular weight excluding hydrogens is 220 g/mol. The van der Waals surface area contributed by atoms with Gasteiger partial charge >= 0.3 is 0 Å². The fourth-order valence-electron chi connectivity index (χ4n) is 1.44. The molecule has 1 aromatic heterocycles. The number of hydrogen-bond donors (Lipinski definition) is 0. The third kappa shape index (κ3) is 2.27. The number of rotatable bonds is 4. The zero-order chi connectivity index (χ0) is 10.8. The van der Waals surface area contributed by atoms with Gasteiger partial charge in [-0.1, -0.05) is 30.0 Å². The molecule has 0 unspecified atom stereocenters. The molecule has 0 radical (unpaired) electrons. The van der Waals surface area contributed by atoms with Crippen molar-refractivity contribution in [1.29, 1.82) is 0 Å². The van der Waals surface area contributed by atoms with Crippen LogP contribution >= 0.6 is 11.8 Å². The van der Waals surface area contributed by atoms with E-state index in [1.54, 1.807) is 11.8 Å². The van der Waals surface area contributed by atoms with Crippen molar-refractivity contribution in [3.63, 3.8) is 0 Å². The average molecular weight is 232 g/mol. The minimum Gasteiger partial charge on any atom is -0.411 e. The second-order valence-electron chi connectivity index (χ2n) is 3.99. The summed E-state index contributed by atoms with van der Waals surface area (Å²) in [5, 5.41) is 8.77. The maximum Gasteiger partial charge on any atom is 0.276 e. The second-order valence-corrected chi connectivity index (χ2v) is 4.96. The van der Waals surface area contributed by atoms with E-state index in [0.29, 0.717) is 11.1 Å². The lowest BCUT2D eigenvalue weighted by atomic mass is 10.2. The van der Waals surface area contributed by atoms with E-state index in [4.69, 9.17) is 4.42 Å². The lowest BCUT2D eigenvalue weighted by Crippen LogP contribution is -1.80. The molecule has 4 heteroatoms. The van der Waals surface area contributed by atoms with E-state index < -0.39 is 0 Å². The van der Waals surface area contributed by atoms with Gasteiger partial charge in [0.25, 0.3) is 5.22 Å². The lowest BCUT2D eigenvalue weighted by Gasteiger charge is -1.93. The molecule has 2 aromatic rings. The Bertz CT molecular complexity index is 465. The molecule has 1 aromatic carbocycles. The van der Waals surface area contributed by atoms with Crippen LogP contribution in [0.15, 0.2) is 40.0 Å². The summed E-state index contributed by atoms with van der Waals surface area (Å²) in [6, 6.07) is 9.86. The van der Waals surface area contributed by atoms with E-state index in [0.717, 1.165) is 17.2 Å². The van der Waals surface area contributed by atoms with Crippen molar-refractivity contribution in [1.82, 2.24) is 10.2 Å². The minimum atomic E-state index is 0.610. The first kappa shape index (κ1) is 9.90. The Morgan fingerprint density at radius 1 is 1.19 bits per heavy atom. The van der Waals surface area contributed by atoms with Crippen molar-refractivity contribution >= 4 is 11.8 Å². The van der Waals surface area contributed by atoms with Gasteiger partial charge in [-0.3, -0.25) is 0 Å². The highest BCUT2D eigenvalue weighted by Gasteiger charge is 2.22. The Labute approximate surface area is 98.3 Å². The molecule has 0 saturated heterocycles. The van der Waals surface area contributed by atoms with Gasteiger partial charge in [0.15, 0.2) is 0 Å². The SMILES string of the molecule is c1ccc(-c2nnc(SCC3CC3)o2)cc1. The highest BCUT2D eigenvalue weighted by atomic mass is 32.2. The number of hydrogen-bond acceptors (Lipinski definition) is 4. The summed E-state index contributed by atoms with van der Waals surface area (Å²) >= 11 is 1.67. The van der Waals surface area contributed by atoms with Crippen molar-refractivity contribution in [2.75, 3.05) is 5.75 Å². The van der Waals surface area contributed by atoms with Crippen molar-refractivity contribution in [3.8, 4) is 11.5 Å². The van der Waals surface area contributed by atoms with Gasteiger partial charge in [-0.15, -0.1) is 10.2 Å². The van der Waals surface area contributed by atoms with E-state index in [1.165, 1.54) is 12.8 Å². The minimum absolute atomic E-state index is 0.610. The fraction of sp³-hybridized carbons (Fsp3) is 0.333. The third-order valence-electron chi connectivity index (χ3n) is 2.57. The van der Waals surface area contributed by atoms with Crippen molar-refractivity contribution in [2.45, 2.75) is 18.1 Å². The molecule has 1 aliphatic carbocycles. The Kier molecular flexibility index (Phi) is 2.66. The van der Waals surface area contributed by atoms with E-state index in [9.17, 15) is 0 Å². The molecule has 3 rings (SSSR count). The van der Waals surface area contributed by atoms with Gasteiger partial charge in [0, 0.05) is 11.3 Å². The van der Waals surface area contributed by atoms with Crippen LogP contribution in [0.5, 0.6) is 0 Å². The molecule has 16 heavy (non-hydrogen) atoms. The normalized spacial score (nSPS) is 15.2. The van der Waals surface area contributed by atoms with Gasteiger partial charge < -0.3 is 4.42 Å². The standard InChI is InChI=1S/C12H12N2OS/c1-2-4-10(5-3-1)11-13-14-12(15-11)16-8-9-6-7-9/h1-5,9H,6-8H2. The molecule has 0 spiro atoms. The van der Waals surface area contributed by atoms with Crippen molar-refractivity contribution in [2.24, 2.45) is 5.92 Å². The van der Waals surface area contributed by atoms with Gasteiger partial charge in [-0.2, -0.15) is 0 Å². The van der Waals surface area contributed by atoms with E-state index >= 15 is 0 Å². The smallest absolute Gasteiger partial charge is 0.276 e. The highest BCUT2D eigenvalue weighted by Crippen LogP contribution is 2.35. The van der Waals surface area contributed by atoms with Gasteiger partial charge in [0.05, 0.1) is 0 Å². The second kappa shape index (κ2) is 4.29. The van der Waals surface area contributed by atoms with Crippen LogP contribution in [0.1, 0.15) is 12.8 Å². The van der Waals surface area contributed by atoms with Crippen LogP contribution < -0.4 is 0 Å². The first-order valence-electron chi connectivity index (χ1n) is 5.43. The van der Waals surface area contributed by atoms with Crippen molar-refractivity contribution in [3.05, 3.63) is 30.3 Å². The zero-order valence-electron chi connectivity index (χ0n) is 8.80. The number of aromatic nitrogens is 2.